The number of nitrogens with zero attached hydrogens (tertiary/aromatic N) is 2. The van der Waals surface area contributed by atoms with Crippen molar-refractivity contribution in [2.75, 3.05) is 30.3 Å². The second kappa shape index (κ2) is 14.1. The van der Waals surface area contributed by atoms with Crippen LogP contribution in [0.5, 0.6) is 11.5 Å². The van der Waals surface area contributed by atoms with Gasteiger partial charge in [0.05, 0.1) is 11.9 Å². The van der Waals surface area contributed by atoms with Gasteiger partial charge in [0.15, 0.2) is 11.5 Å². The minimum Gasteiger partial charge on any atom is -0.486 e. The normalized spacial score (nSPS) is 14.0. The van der Waals surface area contributed by atoms with Gasteiger partial charge in [-0.2, -0.15) is 0 Å². The smallest absolute Gasteiger partial charge is 0.244 e. The summed E-state index contributed by atoms with van der Waals surface area (Å²) in [6.07, 6.45) is 2.02. The summed E-state index contributed by atoms with van der Waals surface area (Å²) in [4.78, 5) is 29.4. The summed E-state index contributed by atoms with van der Waals surface area (Å²) in [6, 6.07) is 20.7. The van der Waals surface area contributed by atoms with E-state index in [2.05, 4.69) is 21.2 Å². The summed E-state index contributed by atoms with van der Waals surface area (Å²) in [5.41, 5.74) is 1.93. The van der Waals surface area contributed by atoms with Gasteiger partial charge < -0.3 is 19.7 Å². The molecule has 0 saturated heterocycles. The van der Waals surface area contributed by atoms with Gasteiger partial charge in [-0.25, -0.2) is 8.42 Å². The largest absolute Gasteiger partial charge is 0.486 e. The molecule has 224 valence electrons. The number of halogens is 1. The van der Waals surface area contributed by atoms with Gasteiger partial charge in [-0.15, -0.1) is 0 Å². The van der Waals surface area contributed by atoms with Gasteiger partial charge in [0.1, 0.15) is 25.8 Å². The van der Waals surface area contributed by atoms with E-state index in [1.54, 1.807) is 18.2 Å². The Morgan fingerprint density at radius 1 is 0.952 bits per heavy atom. The van der Waals surface area contributed by atoms with Crippen LogP contribution >= 0.6 is 15.9 Å². The fourth-order valence-electron chi connectivity index (χ4n) is 4.63. The fourth-order valence-corrected chi connectivity index (χ4v) is 5.92. The Morgan fingerprint density at radius 2 is 1.64 bits per heavy atom. The maximum atomic E-state index is 14.2. The molecule has 3 aromatic rings. The molecule has 4 rings (SSSR count). The van der Waals surface area contributed by atoms with E-state index < -0.39 is 28.5 Å². The minimum absolute atomic E-state index is 0.0996. The molecule has 42 heavy (non-hydrogen) atoms. The summed E-state index contributed by atoms with van der Waals surface area (Å²) < 4.78 is 39.2. The third-order valence-electron chi connectivity index (χ3n) is 7.01. The second-order valence-corrected chi connectivity index (χ2v) is 13.1. The van der Waals surface area contributed by atoms with E-state index >= 15 is 0 Å². The Bertz CT molecular complexity index is 1500. The number of sulfonamides is 1. The molecule has 0 fully saturated rings. The molecule has 2 atom stereocenters. The lowest BCUT2D eigenvalue weighted by Gasteiger charge is -2.34. The van der Waals surface area contributed by atoms with Crippen LogP contribution in [0.1, 0.15) is 31.4 Å². The Hall–Kier alpha value is -3.57. The van der Waals surface area contributed by atoms with Crippen LogP contribution in [-0.2, 0) is 32.6 Å². The zero-order valence-corrected chi connectivity index (χ0v) is 26.4. The number of nitrogens with one attached hydrogen (secondary N) is 1. The number of hydrogen-bond donors (Lipinski definition) is 1. The highest BCUT2D eigenvalue weighted by atomic mass is 79.9. The fraction of sp³-hybridized carbons (Fsp3) is 0.355. The van der Waals surface area contributed by atoms with E-state index in [4.69, 9.17) is 9.47 Å². The molecule has 0 unspecified atom stereocenters. The van der Waals surface area contributed by atoms with Crippen molar-refractivity contribution in [3.05, 3.63) is 88.4 Å². The monoisotopic (exact) mass is 657 g/mol. The van der Waals surface area contributed by atoms with Crippen LogP contribution in [0.3, 0.4) is 0 Å². The van der Waals surface area contributed by atoms with Gasteiger partial charge in [-0.1, -0.05) is 65.3 Å². The summed E-state index contributed by atoms with van der Waals surface area (Å²) in [7, 11) is -3.90. The highest BCUT2D eigenvalue weighted by Crippen LogP contribution is 2.35. The summed E-state index contributed by atoms with van der Waals surface area (Å²) in [6.45, 7) is 4.20. The number of rotatable bonds is 12. The third kappa shape index (κ3) is 8.25. The first-order chi connectivity index (χ1) is 20.0. The second-order valence-electron chi connectivity index (χ2n) is 10.3. The Morgan fingerprint density at radius 3 is 2.31 bits per heavy atom. The molecular weight excluding hydrogens is 622 g/mol. The molecule has 0 aliphatic carbocycles. The van der Waals surface area contributed by atoms with Crippen molar-refractivity contribution in [2.24, 2.45) is 0 Å². The van der Waals surface area contributed by atoms with Crippen molar-refractivity contribution in [3.63, 3.8) is 0 Å². The lowest BCUT2D eigenvalue weighted by molar-refractivity contribution is -0.140. The predicted octanol–water partition coefficient (Wildman–Crippen LogP) is 4.54. The molecule has 1 N–H and O–H groups in total. The van der Waals surface area contributed by atoms with Gasteiger partial charge in [0.2, 0.25) is 21.8 Å². The molecule has 11 heteroatoms. The number of benzene rings is 3. The van der Waals surface area contributed by atoms with Crippen molar-refractivity contribution in [2.45, 2.75) is 45.3 Å². The van der Waals surface area contributed by atoms with Gasteiger partial charge in [0, 0.05) is 29.5 Å². The topological polar surface area (TPSA) is 105 Å². The zero-order valence-electron chi connectivity index (χ0n) is 24.0. The third-order valence-corrected chi connectivity index (χ3v) is 8.64. The molecule has 0 aromatic heterocycles. The molecule has 1 aliphatic heterocycles. The standard InChI is InChI=1S/C31H36BrN3O6S/c1-4-22(2)33-31(37)27(18-23-9-6-5-7-10-23)34(20-24-11-8-12-25(32)17-24)30(36)21-35(42(3,38)39)26-13-14-28-29(19-26)41-16-15-40-28/h5-14,17,19,22,27H,4,15-16,18,20-21H2,1-3H3,(H,33,37)/t22-,27-/m1/s1. The average Bonchev–Trinajstić information content (AvgIpc) is 2.97. The van der Waals surface area contributed by atoms with Gasteiger partial charge in [0.25, 0.3) is 0 Å². The van der Waals surface area contributed by atoms with E-state index in [9.17, 15) is 18.0 Å². The molecule has 0 radical (unpaired) electrons. The number of carbonyl (C=O) groups is 2. The van der Waals surface area contributed by atoms with E-state index in [-0.39, 0.29) is 30.6 Å². The van der Waals surface area contributed by atoms with Crippen LogP contribution in [0.4, 0.5) is 5.69 Å². The van der Waals surface area contributed by atoms with Crippen LogP contribution in [-0.4, -0.2) is 63.2 Å². The maximum absolute atomic E-state index is 14.2. The number of hydrogen-bond acceptors (Lipinski definition) is 6. The minimum atomic E-state index is -3.90. The highest BCUT2D eigenvalue weighted by molar-refractivity contribution is 9.10. The van der Waals surface area contributed by atoms with Crippen molar-refractivity contribution in [1.29, 1.82) is 0 Å². The van der Waals surface area contributed by atoms with Crippen LogP contribution in [0.25, 0.3) is 0 Å². The van der Waals surface area contributed by atoms with E-state index in [1.165, 1.54) is 4.90 Å². The first-order valence-electron chi connectivity index (χ1n) is 13.8. The van der Waals surface area contributed by atoms with Crippen molar-refractivity contribution in [1.82, 2.24) is 10.2 Å². The van der Waals surface area contributed by atoms with Gasteiger partial charge >= 0.3 is 0 Å². The molecule has 1 aliphatic rings. The summed E-state index contributed by atoms with van der Waals surface area (Å²) in [5, 5.41) is 3.03. The van der Waals surface area contributed by atoms with Crippen LogP contribution < -0.4 is 19.1 Å². The van der Waals surface area contributed by atoms with Crippen LogP contribution in [0.15, 0.2) is 77.3 Å². The van der Waals surface area contributed by atoms with Crippen molar-refractivity contribution >= 4 is 43.5 Å². The first-order valence-corrected chi connectivity index (χ1v) is 16.4. The predicted molar refractivity (Wildman–Crippen MR) is 166 cm³/mol. The Labute approximate surface area is 256 Å². The molecule has 9 nitrogen and oxygen atoms in total. The lowest BCUT2D eigenvalue weighted by atomic mass is 10.0. The average molecular weight is 659 g/mol. The first kappa shape index (κ1) is 31.4. The van der Waals surface area contributed by atoms with E-state index in [1.807, 2.05) is 68.4 Å². The SMILES string of the molecule is CC[C@@H](C)NC(=O)[C@@H](Cc1ccccc1)N(Cc1cccc(Br)c1)C(=O)CN(c1ccc2c(c1)OCCO2)S(C)(=O)=O. The molecule has 0 saturated carbocycles. The van der Waals surface area contributed by atoms with Crippen molar-refractivity contribution < 1.29 is 27.5 Å². The number of anilines is 1. The van der Waals surface area contributed by atoms with Crippen molar-refractivity contribution in [3.8, 4) is 11.5 Å². The Kier molecular flexibility index (Phi) is 10.5. The maximum Gasteiger partial charge on any atom is 0.244 e. The molecule has 1 heterocycles. The molecule has 2 amide bonds. The van der Waals surface area contributed by atoms with Gasteiger partial charge in [-0.05, 0) is 48.7 Å². The molecule has 0 bridgehead atoms. The quantitative estimate of drug-likeness (QED) is 0.307. The summed E-state index contributed by atoms with van der Waals surface area (Å²) >= 11 is 3.49. The molecule has 3 aromatic carbocycles. The number of ether oxygens (including phenoxy) is 2. The lowest BCUT2D eigenvalue weighted by Crippen LogP contribution is -2.54. The number of amides is 2. The Balaban J connectivity index is 1.73. The zero-order chi connectivity index (χ0) is 30.3. The molecular formula is C31H36BrN3O6S. The molecule has 0 spiro atoms. The van der Waals surface area contributed by atoms with E-state index in [0.717, 1.165) is 32.6 Å². The van der Waals surface area contributed by atoms with Gasteiger partial charge in [-0.3, -0.25) is 13.9 Å². The number of carbonyl (C=O) groups excluding carboxylic acids is 2. The van der Waals surface area contributed by atoms with E-state index in [0.29, 0.717) is 24.7 Å². The van der Waals surface area contributed by atoms with Crippen LogP contribution in [0.2, 0.25) is 0 Å². The highest BCUT2D eigenvalue weighted by Gasteiger charge is 2.33. The summed E-state index contributed by atoms with van der Waals surface area (Å²) in [5.74, 6) is 0.0868. The van der Waals surface area contributed by atoms with Crippen LogP contribution in [0, 0.1) is 0 Å². The number of fused-ring (bicyclic) bond motifs is 1.